The van der Waals surface area contributed by atoms with Crippen molar-refractivity contribution in [3.05, 3.63) is 101 Å². The Labute approximate surface area is 163 Å². The van der Waals surface area contributed by atoms with Crippen molar-refractivity contribution in [2.24, 2.45) is 5.10 Å². The molecule has 3 aromatic rings. The minimum Gasteiger partial charge on any atom is -0.465 e. The SMILES string of the molecule is COC(=O)c1ccccc1/C(=N/Nc1ccccc1)C(=O)c1ccc(C)cc1. The first kappa shape index (κ1) is 19.0. The molecule has 0 amide bonds. The van der Waals surface area contributed by atoms with Crippen LogP contribution in [0.25, 0.3) is 0 Å². The topological polar surface area (TPSA) is 67.8 Å². The Morgan fingerprint density at radius 2 is 1.43 bits per heavy atom. The first-order valence-electron chi connectivity index (χ1n) is 8.78. The zero-order valence-corrected chi connectivity index (χ0v) is 15.7. The lowest BCUT2D eigenvalue weighted by atomic mass is 9.96. The zero-order valence-electron chi connectivity index (χ0n) is 15.7. The number of carbonyl (C=O) groups is 2. The molecule has 3 aromatic carbocycles. The molecule has 0 aliphatic heterocycles. The van der Waals surface area contributed by atoms with Crippen LogP contribution >= 0.6 is 0 Å². The van der Waals surface area contributed by atoms with E-state index in [4.69, 9.17) is 4.74 Å². The van der Waals surface area contributed by atoms with Gasteiger partial charge in [-0.3, -0.25) is 10.2 Å². The van der Waals surface area contributed by atoms with Gasteiger partial charge in [0.1, 0.15) is 5.71 Å². The number of hydrazone groups is 1. The van der Waals surface area contributed by atoms with E-state index in [-0.39, 0.29) is 17.1 Å². The molecule has 5 nitrogen and oxygen atoms in total. The van der Waals surface area contributed by atoms with Crippen molar-refractivity contribution in [2.45, 2.75) is 6.92 Å². The van der Waals surface area contributed by atoms with Crippen LogP contribution in [0.5, 0.6) is 0 Å². The maximum atomic E-state index is 13.2. The fourth-order valence-electron chi connectivity index (χ4n) is 2.69. The Morgan fingerprint density at radius 1 is 0.821 bits per heavy atom. The number of rotatable bonds is 6. The van der Waals surface area contributed by atoms with Gasteiger partial charge in [0.15, 0.2) is 0 Å². The predicted molar refractivity (Wildman–Crippen MR) is 110 cm³/mol. The van der Waals surface area contributed by atoms with Crippen molar-refractivity contribution in [1.29, 1.82) is 0 Å². The molecule has 0 bridgehead atoms. The molecule has 0 spiro atoms. The lowest BCUT2D eigenvalue weighted by molar-refractivity contribution is 0.0600. The second kappa shape index (κ2) is 8.77. The van der Waals surface area contributed by atoms with Crippen LogP contribution in [0.3, 0.4) is 0 Å². The van der Waals surface area contributed by atoms with E-state index in [2.05, 4.69) is 10.5 Å². The summed E-state index contributed by atoms with van der Waals surface area (Å²) in [6.45, 7) is 1.95. The first-order chi connectivity index (χ1) is 13.6. The predicted octanol–water partition coefficient (Wildman–Crippen LogP) is 4.48. The Bertz CT molecular complexity index is 1010. The molecule has 0 aromatic heterocycles. The molecule has 3 rings (SSSR count). The fraction of sp³-hybridized carbons (Fsp3) is 0.0870. The number of para-hydroxylation sites is 1. The van der Waals surface area contributed by atoms with Gasteiger partial charge in [-0.15, -0.1) is 0 Å². The normalized spacial score (nSPS) is 11.0. The Balaban J connectivity index is 2.08. The molecule has 0 atom stereocenters. The van der Waals surface area contributed by atoms with Crippen LogP contribution in [0, 0.1) is 6.92 Å². The van der Waals surface area contributed by atoms with Crippen molar-refractivity contribution in [2.75, 3.05) is 12.5 Å². The number of nitrogens with zero attached hydrogens (tertiary/aromatic N) is 1. The average molecular weight is 372 g/mol. The van der Waals surface area contributed by atoms with Crippen molar-refractivity contribution < 1.29 is 14.3 Å². The van der Waals surface area contributed by atoms with Crippen LogP contribution < -0.4 is 5.43 Å². The monoisotopic (exact) mass is 372 g/mol. The molecule has 5 heteroatoms. The minimum atomic E-state index is -0.528. The summed E-state index contributed by atoms with van der Waals surface area (Å²) in [7, 11) is 1.31. The van der Waals surface area contributed by atoms with Gasteiger partial charge in [-0.05, 0) is 25.1 Å². The van der Waals surface area contributed by atoms with E-state index in [0.29, 0.717) is 11.1 Å². The van der Waals surface area contributed by atoms with Crippen molar-refractivity contribution in [3.8, 4) is 0 Å². The van der Waals surface area contributed by atoms with Crippen LogP contribution in [-0.4, -0.2) is 24.6 Å². The van der Waals surface area contributed by atoms with E-state index in [9.17, 15) is 9.59 Å². The number of methoxy groups -OCH3 is 1. The van der Waals surface area contributed by atoms with Crippen molar-refractivity contribution in [3.63, 3.8) is 0 Å². The molecule has 28 heavy (non-hydrogen) atoms. The third kappa shape index (κ3) is 4.32. The first-order valence-corrected chi connectivity index (χ1v) is 8.78. The van der Waals surface area contributed by atoms with Gasteiger partial charge in [-0.1, -0.05) is 66.2 Å². The van der Waals surface area contributed by atoms with E-state index < -0.39 is 5.97 Å². The quantitative estimate of drug-likeness (QED) is 0.300. The van der Waals surface area contributed by atoms with Gasteiger partial charge >= 0.3 is 5.97 Å². The summed E-state index contributed by atoms with van der Waals surface area (Å²) in [5.74, 6) is -0.820. The Kier molecular flexibility index (Phi) is 5.97. The summed E-state index contributed by atoms with van der Waals surface area (Å²) >= 11 is 0. The van der Waals surface area contributed by atoms with Gasteiger partial charge in [0, 0.05) is 11.1 Å². The maximum absolute atomic E-state index is 13.2. The number of carbonyl (C=O) groups excluding carboxylic acids is 2. The molecular weight excluding hydrogens is 352 g/mol. The maximum Gasteiger partial charge on any atom is 0.338 e. The number of anilines is 1. The van der Waals surface area contributed by atoms with Crippen LogP contribution in [0.4, 0.5) is 5.69 Å². The molecule has 0 aliphatic rings. The van der Waals surface area contributed by atoms with Crippen molar-refractivity contribution >= 4 is 23.2 Å². The minimum absolute atomic E-state index is 0.133. The number of ketones is 1. The average Bonchev–Trinajstić information content (AvgIpc) is 2.74. The smallest absolute Gasteiger partial charge is 0.338 e. The summed E-state index contributed by atoms with van der Waals surface area (Å²) in [6.07, 6.45) is 0. The second-order valence-electron chi connectivity index (χ2n) is 6.17. The largest absolute Gasteiger partial charge is 0.465 e. The van der Waals surface area contributed by atoms with Gasteiger partial charge in [0.05, 0.1) is 18.4 Å². The van der Waals surface area contributed by atoms with Crippen molar-refractivity contribution in [1.82, 2.24) is 0 Å². The highest BCUT2D eigenvalue weighted by molar-refractivity contribution is 6.52. The molecule has 0 unspecified atom stereocenters. The highest BCUT2D eigenvalue weighted by atomic mass is 16.5. The number of hydrogen-bond donors (Lipinski definition) is 1. The fourth-order valence-corrected chi connectivity index (χ4v) is 2.69. The van der Waals surface area contributed by atoms with E-state index in [0.717, 1.165) is 11.3 Å². The number of nitrogens with one attached hydrogen (secondary N) is 1. The lowest BCUT2D eigenvalue weighted by Gasteiger charge is -2.11. The number of hydrogen-bond acceptors (Lipinski definition) is 5. The number of benzene rings is 3. The van der Waals surface area contributed by atoms with Crippen LogP contribution in [-0.2, 0) is 4.74 Å². The summed E-state index contributed by atoms with van der Waals surface area (Å²) < 4.78 is 4.87. The molecule has 1 N–H and O–H groups in total. The molecular formula is C23H20N2O3. The second-order valence-corrected chi connectivity index (χ2v) is 6.17. The van der Waals surface area contributed by atoms with Gasteiger partial charge in [-0.2, -0.15) is 5.10 Å². The molecule has 0 aliphatic carbocycles. The molecule has 0 saturated carbocycles. The Morgan fingerprint density at radius 3 is 2.07 bits per heavy atom. The van der Waals surface area contributed by atoms with E-state index in [1.54, 1.807) is 36.4 Å². The van der Waals surface area contributed by atoms with E-state index >= 15 is 0 Å². The standard InChI is InChI=1S/C23H20N2O3/c1-16-12-14-17(15-13-16)22(26)21(25-24-18-8-4-3-5-9-18)19-10-6-7-11-20(19)23(27)28-2/h3-15,24H,1-2H3/b25-21-. The number of Topliss-reactive ketones (excluding diaryl/α,β-unsaturated/α-hetero) is 1. The van der Waals surface area contributed by atoms with Crippen LogP contribution in [0.15, 0.2) is 84.0 Å². The number of ether oxygens (including phenoxy) is 1. The third-order valence-corrected chi connectivity index (χ3v) is 4.19. The van der Waals surface area contributed by atoms with E-state index in [1.807, 2.05) is 49.4 Å². The van der Waals surface area contributed by atoms with E-state index in [1.165, 1.54) is 7.11 Å². The van der Waals surface area contributed by atoms with Crippen LogP contribution in [0.2, 0.25) is 0 Å². The third-order valence-electron chi connectivity index (χ3n) is 4.19. The van der Waals surface area contributed by atoms with Gasteiger partial charge < -0.3 is 4.74 Å². The summed E-state index contributed by atoms with van der Waals surface area (Å²) in [5.41, 5.74) is 5.98. The molecule has 0 saturated heterocycles. The number of esters is 1. The van der Waals surface area contributed by atoms with Gasteiger partial charge in [-0.25, -0.2) is 4.79 Å². The molecule has 0 heterocycles. The number of aryl methyl sites for hydroxylation is 1. The zero-order chi connectivity index (χ0) is 19.9. The van der Waals surface area contributed by atoms with Gasteiger partial charge in [0.2, 0.25) is 5.78 Å². The highest BCUT2D eigenvalue weighted by Crippen LogP contribution is 2.17. The van der Waals surface area contributed by atoms with Crippen LogP contribution in [0.1, 0.15) is 31.8 Å². The highest BCUT2D eigenvalue weighted by Gasteiger charge is 2.22. The lowest BCUT2D eigenvalue weighted by Crippen LogP contribution is -2.21. The molecule has 0 radical (unpaired) electrons. The summed E-state index contributed by atoms with van der Waals surface area (Å²) in [5, 5.41) is 4.35. The molecule has 140 valence electrons. The summed E-state index contributed by atoms with van der Waals surface area (Å²) in [6, 6.07) is 23.3. The van der Waals surface area contributed by atoms with Gasteiger partial charge in [0.25, 0.3) is 0 Å². The molecule has 0 fully saturated rings. The summed E-state index contributed by atoms with van der Waals surface area (Å²) in [4.78, 5) is 25.4. The Hall–Kier alpha value is -3.73.